The first kappa shape index (κ1) is 20.1. The minimum atomic E-state index is -1.11. The second-order valence-electron chi connectivity index (χ2n) is 6.03. The molecule has 0 spiro atoms. The fraction of sp³-hybridized carbons (Fsp3) is 0.412. The number of aliphatic carboxylic acids is 1. The largest absolute Gasteiger partial charge is 0.480 e. The molecule has 1 aromatic carbocycles. The smallest absolute Gasteiger partial charge is 0.326 e. The summed E-state index contributed by atoms with van der Waals surface area (Å²) in [6.45, 7) is 4.76. The highest BCUT2D eigenvalue weighted by Gasteiger charge is 2.21. The summed E-state index contributed by atoms with van der Waals surface area (Å²) < 4.78 is 0. The van der Waals surface area contributed by atoms with Gasteiger partial charge in [0, 0.05) is 18.2 Å². The number of hydrogen-bond donors (Lipinski definition) is 4. The number of nitrogens with one attached hydrogen (secondary N) is 3. The molecule has 0 fully saturated rings. The van der Waals surface area contributed by atoms with Gasteiger partial charge < -0.3 is 21.1 Å². The fourth-order valence-corrected chi connectivity index (χ4v) is 2.11. The molecule has 0 aliphatic carbocycles. The molecule has 8 heteroatoms. The van der Waals surface area contributed by atoms with E-state index in [1.165, 1.54) is 19.1 Å². The molecule has 0 aliphatic heterocycles. The third kappa shape index (κ3) is 7.47. The maximum absolute atomic E-state index is 12.0. The van der Waals surface area contributed by atoms with Crippen LogP contribution in [-0.2, 0) is 14.4 Å². The number of amides is 3. The summed E-state index contributed by atoms with van der Waals surface area (Å²) in [5.41, 5.74) is 0.874. The van der Waals surface area contributed by atoms with Gasteiger partial charge in [0.2, 0.25) is 11.8 Å². The number of benzene rings is 1. The summed E-state index contributed by atoms with van der Waals surface area (Å²) in [6.07, 6.45) is 0.305. The highest BCUT2D eigenvalue weighted by Crippen LogP contribution is 2.09. The second kappa shape index (κ2) is 9.41. The maximum Gasteiger partial charge on any atom is 0.326 e. The minimum absolute atomic E-state index is 0.109. The number of carboxylic acid groups (broad SMARTS) is 1. The molecule has 1 aromatic rings. The Hall–Kier alpha value is -2.90. The Labute approximate surface area is 146 Å². The highest BCUT2D eigenvalue weighted by atomic mass is 16.4. The van der Waals surface area contributed by atoms with Gasteiger partial charge in [0.15, 0.2) is 0 Å². The summed E-state index contributed by atoms with van der Waals surface area (Å²) in [5, 5.41) is 16.5. The van der Waals surface area contributed by atoms with E-state index in [9.17, 15) is 19.2 Å². The summed E-state index contributed by atoms with van der Waals surface area (Å²) in [6, 6.07) is 5.18. The van der Waals surface area contributed by atoms with E-state index in [-0.39, 0.29) is 18.4 Å². The van der Waals surface area contributed by atoms with Crippen LogP contribution in [0.5, 0.6) is 0 Å². The minimum Gasteiger partial charge on any atom is -0.480 e. The third-order valence-corrected chi connectivity index (χ3v) is 3.22. The molecule has 0 saturated heterocycles. The Bertz CT molecular complexity index is 640. The highest BCUT2D eigenvalue weighted by molar-refractivity contribution is 5.97. The van der Waals surface area contributed by atoms with Crippen molar-refractivity contribution in [2.24, 2.45) is 5.92 Å². The molecule has 4 N–H and O–H groups in total. The molecule has 3 amide bonds. The monoisotopic (exact) mass is 349 g/mol. The van der Waals surface area contributed by atoms with Gasteiger partial charge in [-0.3, -0.25) is 14.4 Å². The van der Waals surface area contributed by atoms with Gasteiger partial charge in [-0.25, -0.2) is 4.79 Å². The van der Waals surface area contributed by atoms with Crippen molar-refractivity contribution < 1.29 is 24.3 Å². The molecule has 1 rings (SSSR count). The molecule has 8 nitrogen and oxygen atoms in total. The van der Waals surface area contributed by atoms with Crippen LogP contribution in [0, 0.1) is 5.92 Å². The van der Waals surface area contributed by atoms with E-state index < -0.39 is 23.8 Å². The number of carboxylic acids is 1. The number of carbonyl (C=O) groups is 4. The molecule has 0 aliphatic rings. The number of anilines is 1. The maximum atomic E-state index is 12.0. The number of carbonyl (C=O) groups excluding carboxylic acids is 3. The van der Waals surface area contributed by atoms with E-state index in [1.54, 1.807) is 12.1 Å². The van der Waals surface area contributed by atoms with E-state index in [0.717, 1.165) is 0 Å². The number of hydrogen-bond acceptors (Lipinski definition) is 4. The van der Waals surface area contributed by atoms with E-state index in [0.29, 0.717) is 17.7 Å². The van der Waals surface area contributed by atoms with Crippen molar-refractivity contribution in [1.29, 1.82) is 0 Å². The van der Waals surface area contributed by atoms with Crippen LogP contribution in [-0.4, -0.2) is 41.4 Å². The lowest BCUT2D eigenvalue weighted by atomic mass is 10.0. The van der Waals surface area contributed by atoms with Gasteiger partial charge in [-0.15, -0.1) is 0 Å². The van der Waals surface area contributed by atoms with Crippen molar-refractivity contribution in [3.05, 3.63) is 29.8 Å². The Morgan fingerprint density at radius 3 is 2.16 bits per heavy atom. The zero-order chi connectivity index (χ0) is 19.0. The first-order valence-electron chi connectivity index (χ1n) is 7.87. The van der Waals surface area contributed by atoms with Crippen LogP contribution in [0.2, 0.25) is 0 Å². The molecule has 0 bridgehead atoms. The number of rotatable bonds is 8. The SMILES string of the molecule is CC(=O)Nc1ccc(C(=O)NCC(=O)N[C@@H](CC(C)C)C(=O)O)cc1. The van der Waals surface area contributed by atoms with Gasteiger partial charge in [-0.05, 0) is 36.6 Å². The fourth-order valence-electron chi connectivity index (χ4n) is 2.11. The molecule has 1 atom stereocenters. The van der Waals surface area contributed by atoms with Gasteiger partial charge in [0.25, 0.3) is 5.91 Å². The molecule has 0 aromatic heterocycles. The normalized spacial score (nSPS) is 11.5. The first-order chi connectivity index (χ1) is 11.7. The van der Waals surface area contributed by atoms with Crippen molar-refractivity contribution in [1.82, 2.24) is 10.6 Å². The van der Waals surface area contributed by atoms with Crippen LogP contribution in [0.3, 0.4) is 0 Å². The Morgan fingerprint density at radius 2 is 1.68 bits per heavy atom. The molecule has 0 unspecified atom stereocenters. The third-order valence-electron chi connectivity index (χ3n) is 3.22. The zero-order valence-corrected chi connectivity index (χ0v) is 14.5. The van der Waals surface area contributed by atoms with Crippen molar-refractivity contribution in [3.63, 3.8) is 0 Å². The lowest BCUT2D eigenvalue weighted by Crippen LogP contribution is -2.46. The molecular weight excluding hydrogens is 326 g/mol. The average molecular weight is 349 g/mol. The first-order valence-corrected chi connectivity index (χ1v) is 7.87. The molecule has 0 saturated carbocycles. The van der Waals surface area contributed by atoms with Crippen LogP contribution in [0.15, 0.2) is 24.3 Å². The van der Waals surface area contributed by atoms with Crippen LogP contribution >= 0.6 is 0 Å². The summed E-state index contributed by atoms with van der Waals surface area (Å²) in [4.78, 5) is 45.8. The molecule has 25 heavy (non-hydrogen) atoms. The van der Waals surface area contributed by atoms with E-state index in [2.05, 4.69) is 16.0 Å². The standard InChI is InChI=1S/C17H23N3O5/c1-10(2)8-14(17(24)25)20-15(22)9-18-16(23)12-4-6-13(7-5-12)19-11(3)21/h4-7,10,14H,8-9H2,1-3H3,(H,18,23)(H,19,21)(H,20,22)(H,24,25)/t14-/m0/s1. The summed E-state index contributed by atoms with van der Waals surface area (Å²) in [5.74, 6) is -2.26. The quantitative estimate of drug-likeness (QED) is 0.557. The van der Waals surface area contributed by atoms with Gasteiger partial charge in [0.1, 0.15) is 6.04 Å². The Balaban J connectivity index is 2.53. The molecular formula is C17H23N3O5. The Kier molecular flexibility index (Phi) is 7.58. The van der Waals surface area contributed by atoms with Crippen molar-refractivity contribution >= 4 is 29.4 Å². The molecule has 136 valence electrons. The summed E-state index contributed by atoms with van der Waals surface area (Å²) in [7, 11) is 0. The van der Waals surface area contributed by atoms with Crippen LogP contribution in [0.25, 0.3) is 0 Å². The lowest BCUT2D eigenvalue weighted by molar-refractivity contribution is -0.142. The zero-order valence-electron chi connectivity index (χ0n) is 14.5. The summed E-state index contributed by atoms with van der Waals surface area (Å²) >= 11 is 0. The van der Waals surface area contributed by atoms with Gasteiger partial charge in [-0.1, -0.05) is 13.8 Å². The molecule has 0 heterocycles. The van der Waals surface area contributed by atoms with Crippen molar-refractivity contribution in [3.8, 4) is 0 Å². The van der Waals surface area contributed by atoms with E-state index >= 15 is 0 Å². The van der Waals surface area contributed by atoms with Crippen molar-refractivity contribution in [2.75, 3.05) is 11.9 Å². The Morgan fingerprint density at radius 1 is 1.08 bits per heavy atom. The predicted molar refractivity (Wildman–Crippen MR) is 92.1 cm³/mol. The van der Waals surface area contributed by atoms with Gasteiger partial charge >= 0.3 is 5.97 Å². The topological polar surface area (TPSA) is 125 Å². The second-order valence-corrected chi connectivity index (χ2v) is 6.03. The van der Waals surface area contributed by atoms with Crippen LogP contribution in [0.4, 0.5) is 5.69 Å². The average Bonchev–Trinajstić information content (AvgIpc) is 2.51. The van der Waals surface area contributed by atoms with E-state index in [4.69, 9.17) is 5.11 Å². The molecule has 0 radical (unpaired) electrons. The van der Waals surface area contributed by atoms with Crippen molar-refractivity contribution in [2.45, 2.75) is 33.2 Å². The van der Waals surface area contributed by atoms with Crippen LogP contribution in [0.1, 0.15) is 37.6 Å². The lowest BCUT2D eigenvalue weighted by Gasteiger charge is -2.16. The van der Waals surface area contributed by atoms with Gasteiger partial charge in [0.05, 0.1) is 6.54 Å². The van der Waals surface area contributed by atoms with Gasteiger partial charge in [-0.2, -0.15) is 0 Å². The predicted octanol–water partition coefficient (Wildman–Crippen LogP) is 0.990. The van der Waals surface area contributed by atoms with Crippen LogP contribution < -0.4 is 16.0 Å². The van der Waals surface area contributed by atoms with E-state index in [1.807, 2.05) is 13.8 Å².